The van der Waals surface area contributed by atoms with Gasteiger partial charge in [-0.2, -0.15) is 0 Å². The topological polar surface area (TPSA) is 3.24 Å². The predicted octanol–water partition coefficient (Wildman–Crippen LogP) is 16.5. The van der Waals surface area contributed by atoms with E-state index in [1.165, 1.54) is 117 Å². The van der Waals surface area contributed by atoms with Crippen molar-refractivity contribution in [3.8, 4) is 0 Å². The van der Waals surface area contributed by atoms with Gasteiger partial charge in [0.1, 0.15) is 0 Å². The first kappa shape index (κ1) is 52.0. The van der Waals surface area contributed by atoms with Gasteiger partial charge < -0.3 is 4.44 Å². The Morgan fingerprint density at radius 2 is 0.625 bits per heavy atom. The Morgan fingerprint density at radius 3 is 0.828 bits per heavy atom. The lowest BCUT2D eigenvalue weighted by Crippen LogP contribution is -2.48. The predicted molar refractivity (Wildman–Crippen MR) is 296 cm³/mol. The van der Waals surface area contributed by atoms with Gasteiger partial charge in [0.05, 0.1) is 29.9 Å². The van der Waals surface area contributed by atoms with E-state index in [9.17, 15) is 0 Å². The highest BCUT2D eigenvalue weighted by molar-refractivity contribution is 7.90. The second-order valence-electron chi connectivity index (χ2n) is 23.2. The third kappa shape index (κ3) is 12.5. The number of anilines is 1. The van der Waals surface area contributed by atoms with E-state index in [1.807, 2.05) is 0 Å². The molecule has 5 aromatic carbocycles. The molecule has 0 N–H and O–H groups in total. The number of nitrogens with zero attached hydrogens (tertiary/aromatic N) is 1. The second kappa shape index (κ2) is 21.3. The normalized spacial score (nSPS) is 13.0. The van der Waals surface area contributed by atoms with Crippen LogP contribution in [0.4, 0.5) is 5.69 Å². The van der Waals surface area contributed by atoms with Crippen LogP contribution in [-0.2, 0) is 21.7 Å². The van der Waals surface area contributed by atoms with Crippen molar-refractivity contribution >= 4 is 56.3 Å². The maximum Gasteiger partial charge on any atom is 0.0867 e. The number of aryl methyl sites for hydroxylation is 2. The minimum atomic E-state index is -1.77. The van der Waals surface area contributed by atoms with E-state index in [2.05, 4.69) is 231 Å². The molecule has 0 aliphatic heterocycles. The standard InChI is InChI=1S/C60H87NP2Si/c1-18-21-40-64(41-22-19-2,42-23-20-3)55-43-45(4)56(46(5)44-55)61(62(51-32-24-47(25-33-51)57(6,7)8)52-34-26-48(27-35-52)58(9,10)11)63(53-36-28-49(29-37-53)59(12,13)14)54-38-30-50(31-39-54)60(15,16)17/h24-39,43-44H,18-23,40-42H2,1-17H3. The van der Waals surface area contributed by atoms with Gasteiger partial charge in [0, 0.05) is 21.2 Å². The molecule has 0 atom stereocenters. The third-order valence-electron chi connectivity index (χ3n) is 13.6. The maximum atomic E-state index is 2.99. The van der Waals surface area contributed by atoms with E-state index in [0.717, 1.165) is 0 Å². The molecule has 5 aromatic rings. The monoisotopic (exact) mass is 912 g/mol. The molecule has 0 unspecified atom stereocenters. The summed E-state index contributed by atoms with van der Waals surface area (Å²) in [4.78, 5) is 0. The summed E-state index contributed by atoms with van der Waals surface area (Å²) < 4.78 is 2.99. The summed E-state index contributed by atoms with van der Waals surface area (Å²) in [6.45, 7) is 40.2. The van der Waals surface area contributed by atoms with Crippen LogP contribution in [0, 0.1) is 13.8 Å². The Hall–Kier alpha value is -3.02. The molecule has 64 heavy (non-hydrogen) atoms. The number of hydrogen-bond donors (Lipinski definition) is 0. The molecule has 346 valence electrons. The average molecular weight is 912 g/mol. The highest BCUT2D eigenvalue weighted by Crippen LogP contribution is 2.59. The molecule has 5 rings (SSSR count). The lowest BCUT2D eigenvalue weighted by molar-refractivity contribution is 0.590. The van der Waals surface area contributed by atoms with Crippen LogP contribution in [0.5, 0.6) is 0 Å². The van der Waals surface area contributed by atoms with Crippen molar-refractivity contribution in [3.05, 3.63) is 143 Å². The number of rotatable bonds is 17. The summed E-state index contributed by atoms with van der Waals surface area (Å²) >= 11 is 0. The van der Waals surface area contributed by atoms with Crippen LogP contribution in [0.1, 0.15) is 176 Å². The molecule has 0 aliphatic carbocycles. The van der Waals surface area contributed by atoms with Gasteiger partial charge in [-0.1, -0.05) is 275 Å². The molecule has 0 spiro atoms. The zero-order chi connectivity index (χ0) is 47.3. The van der Waals surface area contributed by atoms with Crippen LogP contribution in [0.25, 0.3) is 0 Å². The van der Waals surface area contributed by atoms with Gasteiger partial charge in [-0.25, -0.2) is 0 Å². The molecule has 0 heterocycles. The maximum absolute atomic E-state index is 2.99. The molecule has 0 bridgehead atoms. The molecule has 4 heteroatoms. The van der Waals surface area contributed by atoms with Gasteiger partial charge in [-0.3, -0.25) is 0 Å². The van der Waals surface area contributed by atoms with Crippen LogP contribution >= 0.6 is 16.1 Å². The van der Waals surface area contributed by atoms with Crippen molar-refractivity contribution < 1.29 is 0 Å². The van der Waals surface area contributed by atoms with Gasteiger partial charge in [-0.05, 0) is 68.9 Å². The minimum absolute atomic E-state index is 0.0677. The first-order chi connectivity index (χ1) is 29.9. The lowest BCUT2D eigenvalue weighted by Gasteiger charge is -2.43. The van der Waals surface area contributed by atoms with E-state index < -0.39 is 24.2 Å². The smallest absolute Gasteiger partial charge is 0.0867 e. The van der Waals surface area contributed by atoms with Crippen molar-refractivity contribution in [2.24, 2.45) is 0 Å². The summed E-state index contributed by atoms with van der Waals surface area (Å²) in [5, 5.41) is 7.31. The zero-order valence-electron chi connectivity index (χ0n) is 43.6. The fourth-order valence-corrected chi connectivity index (χ4v) is 21.3. The Labute approximate surface area is 397 Å². The van der Waals surface area contributed by atoms with Crippen molar-refractivity contribution in [2.75, 3.05) is 4.44 Å². The molecule has 0 fully saturated rings. The summed E-state index contributed by atoms with van der Waals surface area (Å²) in [7, 11) is -3.89. The number of unbranched alkanes of at least 4 members (excludes halogenated alkanes) is 3. The van der Waals surface area contributed by atoms with Crippen molar-refractivity contribution in [2.45, 2.75) is 196 Å². The second-order valence-corrected chi connectivity index (χ2v) is 32.2. The first-order valence-electron chi connectivity index (χ1n) is 24.9. The van der Waals surface area contributed by atoms with Gasteiger partial charge >= 0.3 is 0 Å². The summed E-state index contributed by atoms with van der Waals surface area (Å²) in [5.41, 5.74) is 10.1. The molecule has 0 saturated carbocycles. The van der Waals surface area contributed by atoms with Crippen LogP contribution in [0.15, 0.2) is 109 Å². The Balaban J connectivity index is 1.94. The SMILES string of the molecule is CCCC[Si](CCCC)(CCCC)c1cc(C)c(N(P(c2ccc(C(C)(C)C)cc2)c2ccc(C(C)(C)C)cc2)P(c2ccc(C(C)(C)C)cc2)c2ccc(C(C)(C)C)cc2)c(C)c1. The molecule has 0 amide bonds. The molecule has 0 saturated heterocycles. The molecular formula is C60H87NP2Si. The lowest BCUT2D eigenvalue weighted by atomic mass is 9.87. The minimum Gasteiger partial charge on any atom is -0.312 e. The Morgan fingerprint density at radius 1 is 0.391 bits per heavy atom. The van der Waals surface area contributed by atoms with Crippen LogP contribution in [0.2, 0.25) is 18.1 Å². The van der Waals surface area contributed by atoms with Crippen molar-refractivity contribution in [3.63, 3.8) is 0 Å². The Kier molecular flexibility index (Phi) is 17.3. The van der Waals surface area contributed by atoms with Gasteiger partial charge in [0.15, 0.2) is 0 Å². The van der Waals surface area contributed by atoms with E-state index in [0.29, 0.717) is 0 Å². The van der Waals surface area contributed by atoms with Gasteiger partial charge in [0.25, 0.3) is 0 Å². The molecular weight excluding hydrogens is 825 g/mol. The fourth-order valence-electron chi connectivity index (χ4n) is 9.37. The van der Waals surface area contributed by atoms with Crippen LogP contribution in [0.3, 0.4) is 0 Å². The molecule has 0 radical (unpaired) electrons. The number of hydrogen-bond acceptors (Lipinski definition) is 1. The van der Waals surface area contributed by atoms with Crippen LogP contribution < -0.4 is 30.8 Å². The van der Waals surface area contributed by atoms with Crippen molar-refractivity contribution in [1.82, 2.24) is 0 Å². The average Bonchev–Trinajstić information content (AvgIpc) is 3.23. The van der Waals surface area contributed by atoms with Gasteiger partial charge in [0.2, 0.25) is 0 Å². The Bertz CT molecular complexity index is 1950. The van der Waals surface area contributed by atoms with Gasteiger partial charge in [-0.15, -0.1) is 0 Å². The quantitative estimate of drug-likeness (QED) is 0.0664. The molecule has 0 aliphatic rings. The van der Waals surface area contributed by atoms with Crippen LogP contribution in [-0.4, -0.2) is 8.07 Å². The zero-order valence-corrected chi connectivity index (χ0v) is 46.4. The van der Waals surface area contributed by atoms with Crippen molar-refractivity contribution in [1.29, 1.82) is 0 Å². The van der Waals surface area contributed by atoms with E-state index in [4.69, 9.17) is 0 Å². The summed E-state index contributed by atoms with van der Waals surface area (Å²) in [6, 6.07) is 48.9. The highest BCUT2D eigenvalue weighted by atomic mass is 31.2. The third-order valence-corrected chi connectivity index (χ3v) is 24.4. The molecule has 1 nitrogen and oxygen atoms in total. The summed E-state index contributed by atoms with van der Waals surface area (Å²) in [6.07, 6.45) is 7.84. The largest absolute Gasteiger partial charge is 0.312 e. The fraction of sp³-hybridized carbons (Fsp3) is 0.500. The summed E-state index contributed by atoms with van der Waals surface area (Å²) in [5.74, 6) is 0. The van der Waals surface area contributed by atoms with E-state index in [1.54, 1.807) is 5.19 Å². The van der Waals surface area contributed by atoms with E-state index >= 15 is 0 Å². The molecule has 0 aromatic heterocycles. The number of benzene rings is 5. The first-order valence-corrected chi connectivity index (χ1v) is 30.1. The highest BCUT2D eigenvalue weighted by Gasteiger charge is 2.38. The van der Waals surface area contributed by atoms with E-state index in [-0.39, 0.29) is 21.7 Å².